The summed E-state index contributed by atoms with van der Waals surface area (Å²) in [6.07, 6.45) is 6.53. The van der Waals surface area contributed by atoms with E-state index in [-0.39, 0.29) is 30.9 Å². The number of H-pyrrole nitrogens is 1. The lowest BCUT2D eigenvalue weighted by Gasteiger charge is -2.30. The number of aromatic amines is 1. The van der Waals surface area contributed by atoms with Gasteiger partial charge >= 0.3 is 5.97 Å². The monoisotopic (exact) mass is 864 g/mol. The second kappa shape index (κ2) is 19.4. The topological polar surface area (TPSA) is 200 Å². The minimum Gasteiger partial charge on any atom is -0.481 e. The Balaban J connectivity index is 0.000000218. The Morgan fingerprint density at radius 1 is 0.789 bits per heavy atom. The van der Waals surface area contributed by atoms with E-state index in [1.165, 1.54) is 34.7 Å². The minimum absolute atomic E-state index is 0.0612. The van der Waals surface area contributed by atoms with Crippen molar-refractivity contribution in [2.24, 2.45) is 10.8 Å². The summed E-state index contributed by atoms with van der Waals surface area (Å²) >= 11 is 15.1. The molecule has 6 heterocycles. The maximum absolute atomic E-state index is 13.0. The normalized spacial score (nSPS) is 19.8. The van der Waals surface area contributed by atoms with Gasteiger partial charge in [-0.3, -0.25) is 24.3 Å². The molecule has 0 saturated carbocycles. The van der Waals surface area contributed by atoms with Gasteiger partial charge in [-0.1, -0.05) is 23.2 Å². The molecular weight excluding hydrogens is 812 g/mol. The molecule has 0 radical (unpaired) electrons. The molecule has 2 atom stereocenters. The molecule has 0 bridgehead atoms. The summed E-state index contributed by atoms with van der Waals surface area (Å²) in [5.74, 6) is -1.23. The Morgan fingerprint density at radius 2 is 1.30 bits per heavy atom. The summed E-state index contributed by atoms with van der Waals surface area (Å²) in [7, 11) is 0. The molecule has 0 aliphatic carbocycles. The van der Waals surface area contributed by atoms with Crippen LogP contribution in [0.4, 0.5) is 0 Å². The molecule has 2 unspecified atom stereocenters. The van der Waals surface area contributed by atoms with Gasteiger partial charge in [0.15, 0.2) is 0 Å². The van der Waals surface area contributed by atoms with Gasteiger partial charge in [-0.15, -0.1) is 22.7 Å². The zero-order valence-corrected chi connectivity index (χ0v) is 36.5. The lowest BCUT2D eigenvalue weighted by Crippen LogP contribution is -2.47. The van der Waals surface area contributed by atoms with Crippen LogP contribution in [0.3, 0.4) is 0 Å². The second-order valence-electron chi connectivity index (χ2n) is 16.2. The highest BCUT2D eigenvalue weighted by molar-refractivity contribution is 7.16. The Morgan fingerprint density at radius 3 is 1.74 bits per heavy atom. The number of aryl methyl sites for hydroxylation is 4. The number of carboxylic acids is 1. The SMILES string of the molecule is CC(C)(CO)C(=O)O.CC(C)(CO)C(=O)n1nc(C2(C)CCCNC2=O)cc1CCc1ccc(Cl)s1.CC1(c2cc(CCc3ccc(Cl)s3)[nH]n2)CCCNC1=O. The Kier molecular flexibility index (Phi) is 15.7. The highest BCUT2D eigenvalue weighted by atomic mass is 35.5. The zero-order valence-electron chi connectivity index (χ0n) is 33.3. The number of halogens is 2. The van der Waals surface area contributed by atoms with Gasteiger partial charge < -0.3 is 26.0 Å². The summed E-state index contributed by atoms with van der Waals surface area (Å²) in [6.45, 7) is 11.0. The van der Waals surface area contributed by atoms with E-state index < -0.39 is 27.6 Å². The van der Waals surface area contributed by atoms with Gasteiger partial charge in [-0.2, -0.15) is 10.2 Å². The van der Waals surface area contributed by atoms with E-state index in [2.05, 4.69) is 32.0 Å². The van der Waals surface area contributed by atoms with E-state index in [0.717, 1.165) is 75.7 Å². The van der Waals surface area contributed by atoms with Crippen molar-refractivity contribution < 1.29 is 34.5 Å². The van der Waals surface area contributed by atoms with Gasteiger partial charge in [0.2, 0.25) is 11.8 Å². The zero-order chi connectivity index (χ0) is 42.2. The van der Waals surface area contributed by atoms with Crippen LogP contribution in [-0.2, 0) is 50.9 Å². The number of thiophene rings is 2. The lowest BCUT2D eigenvalue weighted by atomic mass is 9.79. The van der Waals surface area contributed by atoms with E-state index in [1.54, 1.807) is 25.2 Å². The number of aliphatic hydroxyl groups is 2. The van der Waals surface area contributed by atoms with Crippen molar-refractivity contribution in [2.45, 2.75) is 104 Å². The maximum Gasteiger partial charge on any atom is 0.311 e. The van der Waals surface area contributed by atoms with E-state index in [4.69, 9.17) is 33.4 Å². The molecule has 0 spiro atoms. The molecule has 4 aromatic rings. The van der Waals surface area contributed by atoms with Crippen LogP contribution >= 0.6 is 45.9 Å². The highest BCUT2D eigenvalue weighted by Crippen LogP contribution is 2.34. The molecule has 2 fully saturated rings. The smallest absolute Gasteiger partial charge is 0.311 e. The number of aromatic nitrogens is 4. The Bertz CT molecular complexity index is 2020. The van der Waals surface area contributed by atoms with Gasteiger partial charge in [0.05, 0.1) is 54.9 Å². The summed E-state index contributed by atoms with van der Waals surface area (Å²) in [5, 5.41) is 44.1. The molecule has 13 nitrogen and oxygen atoms in total. The number of carbonyl (C=O) groups is 4. The molecule has 2 aliphatic rings. The van der Waals surface area contributed by atoms with Crippen LogP contribution in [0.1, 0.15) is 105 Å². The lowest BCUT2D eigenvalue weighted by molar-refractivity contribution is -0.149. The van der Waals surface area contributed by atoms with Crippen molar-refractivity contribution in [3.63, 3.8) is 0 Å². The fourth-order valence-electron chi connectivity index (χ4n) is 6.11. The van der Waals surface area contributed by atoms with Gasteiger partial charge in [-0.05, 0) is 129 Å². The first-order valence-electron chi connectivity index (χ1n) is 18.9. The van der Waals surface area contributed by atoms with Crippen molar-refractivity contribution in [3.8, 4) is 0 Å². The quantitative estimate of drug-likeness (QED) is 0.0936. The first-order valence-corrected chi connectivity index (χ1v) is 21.3. The van der Waals surface area contributed by atoms with Gasteiger partial charge in [0, 0.05) is 34.2 Å². The first kappa shape index (κ1) is 46.1. The number of carbonyl (C=O) groups excluding carboxylic acids is 3. The van der Waals surface area contributed by atoms with Crippen LogP contribution in [-0.4, -0.2) is 85.3 Å². The number of hydrogen-bond acceptors (Lipinski definition) is 10. The number of nitrogens with one attached hydrogen (secondary N) is 3. The predicted octanol–water partition coefficient (Wildman–Crippen LogP) is 6.38. The molecule has 2 saturated heterocycles. The molecule has 57 heavy (non-hydrogen) atoms. The maximum atomic E-state index is 13.0. The van der Waals surface area contributed by atoms with Crippen LogP contribution in [0.15, 0.2) is 36.4 Å². The number of rotatable bonds is 12. The Hall–Kier alpha value is -3.60. The van der Waals surface area contributed by atoms with Crippen molar-refractivity contribution >= 4 is 69.6 Å². The number of carboxylic acid groups (broad SMARTS) is 1. The molecule has 6 rings (SSSR count). The molecule has 0 aromatic carbocycles. The molecule has 6 N–H and O–H groups in total. The molecule has 17 heteroatoms. The van der Waals surface area contributed by atoms with E-state index in [9.17, 15) is 24.3 Å². The van der Waals surface area contributed by atoms with Crippen molar-refractivity contribution in [1.29, 1.82) is 0 Å². The van der Waals surface area contributed by atoms with E-state index in [1.807, 2.05) is 44.2 Å². The summed E-state index contributed by atoms with van der Waals surface area (Å²) in [4.78, 5) is 50.2. The van der Waals surface area contributed by atoms with Crippen LogP contribution in [0.2, 0.25) is 8.67 Å². The number of aliphatic hydroxyl groups excluding tert-OH is 2. The number of aliphatic carboxylic acids is 1. The third kappa shape index (κ3) is 11.5. The molecular formula is C40H54Cl2N6O7S2. The van der Waals surface area contributed by atoms with Crippen molar-refractivity contribution in [3.05, 3.63) is 77.6 Å². The third-order valence-corrected chi connectivity index (χ3v) is 13.1. The fourth-order valence-corrected chi connectivity index (χ4v) is 8.29. The second-order valence-corrected chi connectivity index (χ2v) is 19.8. The van der Waals surface area contributed by atoms with Crippen molar-refractivity contribution in [2.75, 3.05) is 26.3 Å². The number of hydrogen-bond donors (Lipinski definition) is 6. The summed E-state index contributed by atoms with van der Waals surface area (Å²) in [6, 6.07) is 11.7. The van der Waals surface area contributed by atoms with Crippen LogP contribution in [0, 0.1) is 10.8 Å². The van der Waals surface area contributed by atoms with Crippen molar-refractivity contribution in [1.82, 2.24) is 30.6 Å². The Labute approximate surface area is 351 Å². The molecule has 312 valence electrons. The molecule has 2 amide bonds. The highest BCUT2D eigenvalue weighted by Gasteiger charge is 2.42. The van der Waals surface area contributed by atoms with Gasteiger partial charge in [-0.25, -0.2) is 4.68 Å². The third-order valence-electron chi connectivity index (χ3n) is 10.5. The summed E-state index contributed by atoms with van der Waals surface area (Å²) in [5.41, 5.74) is 0.0533. The number of nitrogens with zero attached hydrogens (tertiary/aromatic N) is 3. The largest absolute Gasteiger partial charge is 0.481 e. The minimum atomic E-state index is -0.986. The van der Waals surface area contributed by atoms with Crippen LogP contribution in [0.25, 0.3) is 0 Å². The predicted molar refractivity (Wildman–Crippen MR) is 223 cm³/mol. The van der Waals surface area contributed by atoms with Gasteiger partial charge in [0.1, 0.15) is 0 Å². The number of piperidine rings is 2. The number of amides is 2. The summed E-state index contributed by atoms with van der Waals surface area (Å²) < 4.78 is 2.93. The fraction of sp³-hybridized carbons (Fsp3) is 0.550. The average molecular weight is 866 g/mol. The van der Waals surface area contributed by atoms with E-state index >= 15 is 0 Å². The van der Waals surface area contributed by atoms with E-state index in [0.29, 0.717) is 25.1 Å². The first-order chi connectivity index (χ1) is 26.8. The molecule has 4 aromatic heterocycles. The van der Waals surface area contributed by atoms with Gasteiger partial charge in [0.25, 0.3) is 5.91 Å². The standard InChI is InChI=1S/C20H26ClN3O3S.C15H18ClN3OS.C5H10O3/c1-19(2,12-25)18(27)24-13(5-6-14-7-8-16(21)28-14)11-15(23-24)20(3)9-4-10-22-17(20)26;1-15(7-2-8-17-14(15)20)12-9-10(18-19-12)3-4-11-5-6-13(16)21-11;1-5(2,3-6)4(7)8/h7-8,11,25H,4-6,9-10,12H2,1-3H3,(H,22,26);5-6,9H,2-4,7-8H2,1H3,(H,17,20)(H,18,19);6H,3H2,1-2H3,(H,7,8). The van der Waals surface area contributed by atoms with Crippen LogP contribution < -0.4 is 10.6 Å². The average Bonchev–Trinajstić information content (AvgIpc) is 4.01. The molecule has 2 aliphatic heterocycles. The van der Waals surface area contributed by atoms with Crippen LogP contribution in [0.5, 0.6) is 0 Å².